The first-order chi connectivity index (χ1) is 5.97. The van der Waals surface area contributed by atoms with E-state index in [4.69, 9.17) is 5.26 Å². The highest BCUT2D eigenvalue weighted by molar-refractivity contribution is 9.10. The molecule has 0 atom stereocenters. The Labute approximate surface area is 87.5 Å². The summed E-state index contributed by atoms with van der Waals surface area (Å²) in [5, 5.41) is 9.00. The minimum atomic E-state index is -0.409. The molecule has 0 aliphatic heterocycles. The minimum Gasteiger partial charge on any atom is -0.197 e. The molecule has 1 nitrogen and oxygen atoms in total. The van der Waals surface area contributed by atoms with E-state index in [1.807, 2.05) is 39.0 Å². The molecule has 0 radical (unpaired) electrons. The van der Waals surface area contributed by atoms with Gasteiger partial charge >= 0.3 is 0 Å². The van der Waals surface area contributed by atoms with E-state index in [0.717, 1.165) is 15.6 Å². The van der Waals surface area contributed by atoms with Crippen molar-refractivity contribution in [1.29, 1.82) is 5.26 Å². The molecule has 0 spiro atoms. The van der Waals surface area contributed by atoms with Gasteiger partial charge in [0.2, 0.25) is 0 Å². The SMILES string of the molecule is Cc1ccc(Br)cc1C(C)(C)C#N. The van der Waals surface area contributed by atoms with E-state index in [1.54, 1.807) is 0 Å². The van der Waals surface area contributed by atoms with Crippen molar-refractivity contribution in [2.24, 2.45) is 0 Å². The fourth-order valence-corrected chi connectivity index (χ4v) is 1.69. The number of nitrogens with zero attached hydrogens (tertiary/aromatic N) is 1. The number of hydrogen-bond acceptors (Lipinski definition) is 1. The van der Waals surface area contributed by atoms with Crippen molar-refractivity contribution in [3.8, 4) is 6.07 Å². The summed E-state index contributed by atoms with van der Waals surface area (Å²) in [5.41, 5.74) is 1.84. The van der Waals surface area contributed by atoms with Crippen LogP contribution < -0.4 is 0 Å². The molecule has 0 N–H and O–H groups in total. The van der Waals surface area contributed by atoms with Crippen LogP contribution in [0, 0.1) is 18.3 Å². The summed E-state index contributed by atoms with van der Waals surface area (Å²) in [4.78, 5) is 0. The fourth-order valence-electron chi connectivity index (χ4n) is 1.33. The molecule has 0 fully saturated rings. The molecule has 1 rings (SSSR count). The van der Waals surface area contributed by atoms with E-state index in [1.165, 1.54) is 0 Å². The van der Waals surface area contributed by atoms with E-state index in [9.17, 15) is 0 Å². The fraction of sp³-hybridized carbons (Fsp3) is 0.364. The van der Waals surface area contributed by atoms with Gasteiger partial charge in [-0.1, -0.05) is 22.0 Å². The predicted octanol–water partition coefficient (Wildman–Crippen LogP) is 3.56. The number of benzene rings is 1. The molecular weight excluding hydrogens is 226 g/mol. The highest BCUT2D eigenvalue weighted by atomic mass is 79.9. The van der Waals surface area contributed by atoms with Gasteiger partial charge in [-0.25, -0.2) is 0 Å². The van der Waals surface area contributed by atoms with E-state index < -0.39 is 5.41 Å². The lowest BCUT2D eigenvalue weighted by molar-refractivity contribution is 0.681. The zero-order valence-electron chi connectivity index (χ0n) is 8.06. The quantitative estimate of drug-likeness (QED) is 0.733. The van der Waals surface area contributed by atoms with Gasteiger partial charge in [0.15, 0.2) is 0 Å². The summed E-state index contributed by atoms with van der Waals surface area (Å²) in [6, 6.07) is 8.34. The van der Waals surface area contributed by atoms with Crippen LogP contribution in [0.15, 0.2) is 22.7 Å². The number of halogens is 1. The van der Waals surface area contributed by atoms with Gasteiger partial charge in [-0.05, 0) is 44.0 Å². The van der Waals surface area contributed by atoms with E-state index >= 15 is 0 Å². The molecule has 0 saturated carbocycles. The standard InChI is InChI=1S/C11H12BrN/c1-8-4-5-9(12)6-10(8)11(2,3)7-13/h4-6H,1-3H3. The second-order valence-electron chi connectivity index (χ2n) is 3.70. The van der Waals surface area contributed by atoms with Crippen LogP contribution in [-0.2, 0) is 5.41 Å². The van der Waals surface area contributed by atoms with Gasteiger partial charge in [-0.3, -0.25) is 0 Å². The lowest BCUT2D eigenvalue weighted by atomic mass is 9.84. The zero-order valence-corrected chi connectivity index (χ0v) is 9.64. The van der Waals surface area contributed by atoms with Crippen molar-refractivity contribution < 1.29 is 0 Å². The van der Waals surface area contributed by atoms with Gasteiger partial charge in [0, 0.05) is 4.47 Å². The van der Waals surface area contributed by atoms with Crippen LogP contribution in [0.25, 0.3) is 0 Å². The smallest absolute Gasteiger partial charge is 0.0769 e. The summed E-state index contributed by atoms with van der Waals surface area (Å²) >= 11 is 3.41. The van der Waals surface area contributed by atoms with E-state index in [0.29, 0.717) is 0 Å². The highest BCUT2D eigenvalue weighted by Crippen LogP contribution is 2.27. The Morgan fingerprint density at radius 3 is 2.54 bits per heavy atom. The van der Waals surface area contributed by atoms with Crippen molar-refractivity contribution in [3.05, 3.63) is 33.8 Å². The first kappa shape index (κ1) is 10.3. The molecule has 0 heterocycles. The summed E-state index contributed by atoms with van der Waals surface area (Å²) in [5.74, 6) is 0. The topological polar surface area (TPSA) is 23.8 Å². The Hall–Kier alpha value is -0.810. The van der Waals surface area contributed by atoms with Crippen LogP contribution >= 0.6 is 15.9 Å². The molecule has 68 valence electrons. The van der Waals surface area contributed by atoms with Crippen molar-refractivity contribution in [2.75, 3.05) is 0 Å². The van der Waals surface area contributed by atoms with E-state index in [-0.39, 0.29) is 0 Å². The Bertz CT molecular complexity index is 361. The van der Waals surface area contributed by atoms with Crippen LogP contribution in [-0.4, -0.2) is 0 Å². The first-order valence-electron chi connectivity index (χ1n) is 4.15. The third kappa shape index (κ3) is 2.10. The maximum Gasteiger partial charge on any atom is 0.0769 e. The van der Waals surface area contributed by atoms with Gasteiger partial charge in [0.25, 0.3) is 0 Å². The van der Waals surface area contributed by atoms with Crippen molar-refractivity contribution in [1.82, 2.24) is 0 Å². The maximum absolute atomic E-state index is 9.00. The molecule has 1 aromatic carbocycles. The number of aryl methyl sites for hydroxylation is 1. The molecule has 0 unspecified atom stereocenters. The van der Waals surface area contributed by atoms with Gasteiger partial charge < -0.3 is 0 Å². The lowest BCUT2D eigenvalue weighted by Gasteiger charge is -2.18. The van der Waals surface area contributed by atoms with Gasteiger partial charge in [0.05, 0.1) is 11.5 Å². The molecule has 0 amide bonds. The molecule has 13 heavy (non-hydrogen) atoms. The van der Waals surface area contributed by atoms with Gasteiger partial charge in [0.1, 0.15) is 0 Å². The summed E-state index contributed by atoms with van der Waals surface area (Å²) in [6.07, 6.45) is 0. The van der Waals surface area contributed by atoms with Gasteiger partial charge in [-0.15, -0.1) is 0 Å². The third-order valence-electron chi connectivity index (χ3n) is 2.15. The molecule has 0 bridgehead atoms. The maximum atomic E-state index is 9.00. The zero-order chi connectivity index (χ0) is 10.1. The average Bonchev–Trinajstić information content (AvgIpc) is 2.09. The monoisotopic (exact) mass is 237 g/mol. The Kier molecular flexibility index (Phi) is 2.77. The Morgan fingerprint density at radius 1 is 1.38 bits per heavy atom. The van der Waals surface area contributed by atoms with Crippen LogP contribution in [0.4, 0.5) is 0 Å². The van der Waals surface area contributed by atoms with Crippen LogP contribution in [0.2, 0.25) is 0 Å². The lowest BCUT2D eigenvalue weighted by Crippen LogP contribution is -2.15. The summed E-state index contributed by atoms with van der Waals surface area (Å²) < 4.78 is 1.02. The molecule has 0 aromatic heterocycles. The molecule has 0 saturated heterocycles. The molecule has 1 aromatic rings. The second kappa shape index (κ2) is 3.51. The van der Waals surface area contributed by atoms with Crippen LogP contribution in [0.3, 0.4) is 0 Å². The largest absolute Gasteiger partial charge is 0.197 e. The third-order valence-corrected chi connectivity index (χ3v) is 2.65. The molecule has 0 aliphatic rings. The summed E-state index contributed by atoms with van der Waals surface area (Å²) in [6.45, 7) is 5.89. The van der Waals surface area contributed by atoms with Crippen molar-refractivity contribution >= 4 is 15.9 Å². The Morgan fingerprint density at radius 2 is 2.00 bits per heavy atom. The molecule has 2 heteroatoms. The van der Waals surface area contributed by atoms with Crippen molar-refractivity contribution in [3.63, 3.8) is 0 Å². The van der Waals surface area contributed by atoms with Gasteiger partial charge in [-0.2, -0.15) is 5.26 Å². The predicted molar refractivity (Wildman–Crippen MR) is 57.5 cm³/mol. The molecular formula is C11H12BrN. The molecule has 0 aliphatic carbocycles. The first-order valence-corrected chi connectivity index (χ1v) is 4.94. The number of rotatable bonds is 1. The second-order valence-corrected chi connectivity index (χ2v) is 4.61. The van der Waals surface area contributed by atoms with Crippen LogP contribution in [0.1, 0.15) is 25.0 Å². The van der Waals surface area contributed by atoms with Crippen LogP contribution in [0.5, 0.6) is 0 Å². The summed E-state index contributed by atoms with van der Waals surface area (Å²) in [7, 11) is 0. The Balaban J connectivity index is 3.30. The minimum absolute atomic E-state index is 0.409. The average molecular weight is 238 g/mol. The van der Waals surface area contributed by atoms with E-state index in [2.05, 4.69) is 22.0 Å². The normalized spacial score (nSPS) is 11.0. The van der Waals surface area contributed by atoms with Crippen molar-refractivity contribution in [2.45, 2.75) is 26.2 Å². The number of hydrogen-bond donors (Lipinski definition) is 0. The highest BCUT2D eigenvalue weighted by Gasteiger charge is 2.21. The number of nitriles is 1.